The van der Waals surface area contributed by atoms with Crippen LogP contribution in [0.2, 0.25) is 0 Å². The quantitative estimate of drug-likeness (QED) is 0.585. The highest BCUT2D eigenvalue weighted by molar-refractivity contribution is 7.18. The minimum absolute atomic E-state index is 0.0631. The molecule has 150 valence electrons. The zero-order valence-electron chi connectivity index (χ0n) is 16.4. The molecule has 0 aliphatic rings. The lowest BCUT2D eigenvalue weighted by molar-refractivity contribution is 0.0797. The molecule has 0 spiro atoms. The second-order valence-corrected chi connectivity index (χ2v) is 7.96. The predicted octanol–water partition coefficient (Wildman–Crippen LogP) is 5.15. The molecule has 2 amide bonds. The molecule has 0 aliphatic carbocycles. The second kappa shape index (κ2) is 9.47. The monoisotopic (exact) mass is 410 g/mol. The average Bonchev–Trinajstić information content (AvgIpc) is 3.08. The molecule has 3 rings (SSSR count). The van der Waals surface area contributed by atoms with E-state index < -0.39 is 11.7 Å². The molecule has 1 N–H and O–H groups in total. The van der Waals surface area contributed by atoms with Crippen molar-refractivity contribution in [2.24, 2.45) is 0 Å². The minimum Gasteiger partial charge on any atom is -0.341 e. The third kappa shape index (κ3) is 5.51. The summed E-state index contributed by atoms with van der Waals surface area (Å²) in [5, 5.41) is 3.31. The van der Waals surface area contributed by atoms with E-state index in [1.807, 2.05) is 25.1 Å². The summed E-state index contributed by atoms with van der Waals surface area (Å²) in [7, 11) is 1.79. The third-order valence-corrected chi connectivity index (χ3v) is 5.72. The molecule has 29 heavy (non-hydrogen) atoms. The third-order valence-electron chi connectivity index (χ3n) is 4.58. The van der Waals surface area contributed by atoms with Crippen LogP contribution in [0, 0.1) is 12.7 Å². The van der Waals surface area contributed by atoms with E-state index in [0.29, 0.717) is 16.4 Å². The van der Waals surface area contributed by atoms with Crippen LogP contribution < -0.4 is 5.32 Å². The van der Waals surface area contributed by atoms with E-state index >= 15 is 0 Å². The number of carbonyl (C=O) groups excluding carboxylic acids is 2. The van der Waals surface area contributed by atoms with Gasteiger partial charge in [0.05, 0.1) is 9.88 Å². The SMILES string of the molecule is Cc1cc(NC(=O)c2cccc(F)c2)sc1C(=O)N(C)CCCc1ccccc1. The number of anilines is 1. The van der Waals surface area contributed by atoms with Gasteiger partial charge < -0.3 is 10.2 Å². The van der Waals surface area contributed by atoms with Gasteiger partial charge in [-0.25, -0.2) is 4.39 Å². The van der Waals surface area contributed by atoms with Crippen LogP contribution in [0.1, 0.15) is 37.6 Å². The zero-order chi connectivity index (χ0) is 20.8. The Hall–Kier alpha value is -2.99. The van der Waals surface area contributed by atoms with Crippen molar-refractivity contribution in [1.82, 2.24) is 4.90 Å². The molecule has 0 fully saturated rings. The van der Waals surface area contributed by atoms with Gasteiger partial charge in [0.1, 0.15) is 5.82 Å². The molecule has 0 saturated carbocycles. The van der Waals surface area contributed by atoms with Crippen LogP contribution in [0.4, 0.5) is 9.39 Å². The maximum absolute atomic E-state index is 13.3. The van der Waals surface area contributed by atoms with Crippen molar-refractivity contribution in [3.63, 3.8) is 0 Å². The summed E-state index contributed by atoms with van der Waals surface area (Å²) >= 11 is 1.24. The van der Waals surface area contributed by atoms with Crippen LogP contribution in [-0.4, -0.2) is 30.3 Å². The Balaban J connectivity index is 1.59. The molecule has 0 radical (unpaired) electrons. The van der Waals surface area contributed by atoms with Crippen molar-refractivity contribution in [2.45, 2.75) is 19.8 Å². The summed E-state index contributed by atoms with van der Waals surface area (Å²) < 4.78 is 13.3. The maximum atomic E-state index is 13.3. The zero-order valence-corrected chi connectivity index (χ0v) is 17.3. The largest absolute Gasteiger partial charge is 0.341 e. The number of carbonyl (C=O) groups is 2. The molecule has 1 heterocycles. The van der Waals surface area contributed by atoms with E-state index in [1.54, 1.807) is 24.1 Å². The number of benzene rings is 2. The fraction of sp³-hybridized carbons (Fsp3) is 0.217. The highest BCUT2D eigenvalue weighted by atomic mass is 32.1. The van der Waals surface area contributed by atoms with Crippen LogP contribution >= 0.6 is 11.3 Å². The maximum Gasteiger partial charge on any atom is 0.264 e. The Morgan fingerprint density at radius 3 is 2.55 bits per heavy atom. The van der Waals surface area contributed by atoms with Gasteiger partial charge in [0.25, 0.3) is 11.8 Å². The highest BCUT2D eigenvalue weighted by Gasteiger charge is 2.19. The lowest BCUT2D eigenvalue weighted by Gasteiger charge is -2.16. The molecule has 6 heteroatoms. The molecule has 0 bridgehead atoms. The standard InChI is InChI=1S/C23H23FN2O2S/c1-16-14-20(25-22(27)18-11-6-12-19(24)15-18)29-21(16)23(28)26(2)13-7-10-17-8-4-3-5-9-17/h3-6,8-9,11-12,14-15H,7,10,13H2,1-2H3,(H,25,27). The fourth-order valence-electron chi connectivity index (χ4n) is 3.01. The van der Waals surface area contributed by atoms with Gasteiger partial charge in [0.15, 0.2) is 0 Å². The summed E-state index contributed by atoms with van der Waals surface area (Å²) in [4.78, 5) is 27.4. The topological polar surface area (TPSA) is 49.4 Å². The van der Waals surface area contributed by atoms with Crippen molar-refractivity contribution in [2.75, 3.05) is 18.9 Å². The average molecular weight is 411 g/mol. The van der Waals surface area contributed by atoms with E-state index in [9.17, 15) is 14.0 Å². The van der Waals surface area contributed by atoms with E-state index in [1.165, 1.54) is 35.1 Å². The van der Waals surface area contributed by atoms with E-state index in [0.717, 1.165) is 18.4 Å². The first-order valence-electron chi connectivity index (χ1n) is 9.41. The van der Waals surface area contributed by atoms with Gasteiger partial charge in [0.2, 0.25) is 0 Å². The molecular formula is C23H23FN2O2S. The number of nitrogens with zero attached hydrogens (tertiary/aromatic N) is 1. The van der Waals surface area contributed by atoms with Gasteiger partial charge in [-0.1, -0.05) is 36.4 Å². The van der Waals surface area contributed by atoms with Crippen molar-refractivity contribution >= 4 is 28.2 Å². The second-order valence-electron chi connectivity index (χ2n) is 6.90. The molecule has 1 aromatic heterocycles. The number of hydrogen-bond donors (Lipinski definition) is 1. The fourth-order valence-corrected chi connectivity index (χ4v) is 4.07. The van der Waals surface area contributed by atoms with Gasteiger partial charge in [-0.05, 0) is 55.2 Å². The summed E-state index contributed by atoms with van der Waals surface area (Å²) in [5.41, 5.74) is 2.30. The van der Waals surface area contributed by atoms with Crippen molar-refractivity contribution in [3.8, 4) is 0 Å². The van der Waals surface area contributed by atoms with Crippen molar-refractivity contribution in [1.29, 1.82) is 0 Å². The van der Waals surface area contributed by atoms with Gasteiger partial charge >= 0.3 is 0 Å². The number of thiophene rings is 1. The number of amides is 2. The number of hydrogen-bond acceptors (Lipinski definition) is 3. The molecule has 0 aliphatic heterocycles. The van der Waals surface area contributed by atoms with Crippen LogP contribution in [-0.2, 0) is 6.42 Å². The van der Waals surface area contributed by atoms with Crippen LogP contribution in [0.3, 0.4) is 0 Å². The first-order chi connectivity index (χ1) is 13.9. The smallest absolute Gasteiger partial charge is 0.264 e. The number of halogens is 1. The van der Waals surface area contributed by atoms with E-state index in [-0.39, 0.29) is 11.5 Å². The molecular weight excluding hydrogens is 387 g/mol. The Morgan fingerprint density at radius 1 is 1.07 bits per heavy atom. The summed E-state index contributed by atoms with van der Waals surface area (Å²) in [6.07, 6.45) is 1.79. The summed E-state index contributed by atoms with van der Waals surface area (Å²) in [6.45, 7) is 2.50. The Kier molecular flexibility index (Phi) is 6.77. The van der Waals surface area contributed by atoms with Gasteiger partial charge in [-0.3, -0.25) is 9.59 Å². The first-order valence-corrected chi connectivity index (χ1v) is 10.2. The number of aryl methyl sites for hydroxylation is 2. The van der Waals surface area contributed by atoms with Crippen LogP contribution in [0.5, 0.6) is 0 Å². The van der Waals surface area contributed by atoms with Gasteiger partial charge in [-0.2, -0.15) is 0 Å². The van der Waals surface area contributed by atoms with Gasteiger partial charge in [-0.15, -0.1) is 11.3 Å². The molecule has 0 atom stereocenters. The summed E-state index contributed by atoms with van der Waals surface area (Å²) in [6, 6.07) is 17.5. The molecule has 3 aromatic rings. The number of nitrogens with one attached hydrogen (secondary N) is 1. The Morgan fingerprint density at radius 2 is 1.83 bits per heavy atom. The van der Waals surface area contributed by atoms with Gasteiger partial charge in [0, 0.05) is 19.2 Å². The molecule has 0 saturated heterocycles. The summed E-state index contributed by atoms with van der Waals surface area (Å²) in [5.74, 6) is -0.930. The molecule has 0 unspecified atom stereocenters. The Labute approximate surface area is 174 Å². The highest BCUT2D eigenvalue weighted by Crippen LogP contribution is 2.28. The van der Waals surface area contributed by atoms with Crippen LogP contribution in [0.25, 0.3) is 0 Å². The van der Waals surface area contributed by atoms with E-state index in [2.05, 4.69) is 17.4 Å². The lowest BCUT2D eigenvalue weighted by atomic mass is 10.1. The van der Waals surface area contributed by atoms with Crippen molar-refractivity contribution < 1.29 is 14.0 Å². The van der Waals surface area contributed by atoms with E-state index in [4.69, 9.17) is 0 Å². The predicted molar refractivity (Wildman–Crippen MR) is 115 cm³/mol. The van der Waals surface area contributed by atoms with Crippen LogP contribution in [0.15, 0.2) is 60.7 Å². The first kappa shape index (κ1) is 20.7. The lowest BCUT2D eigenvalue weighted by Crippen LogP contribution is -2.27. The van der Waals surface area contributed by atoms with Crippen molar-refractivity contribution in [3.05, 3.63) is 88.0 Å². The Bertz CT molecular complexity index is 1000. The minimum atomic E-state index is -0.465. The molecule has 4 nitrogen and oxygen atoms in total. The normalized spacial score (nSPS) is 10.6. The molecule has 2 aromatic carbocycles. The number of rotatable bonds is 7.